The van der Waals surface area contributed by atoms with Crippen molar-refractivity contribution in [3.05, 3.63) is 70.9 Å². The van der Waals surface area contributed by atoms with Crippen LogP contribution in [-0.4, -0.2) is 38.1 Å². The van der Waals surface area contributed by atoms with E-state index >= 15 is 0 Å². The third-order valence-electron chi connectivity index (χ3n) is 5.97. The summed E-state index contributed by atoms with van der Waals surface area (Å²) in [5.41, 5.74) is 3.08. The molecule has 0 aliphatic heterocycles. The number of anilines is 2. The lowest BCUT2D eigenvalue weighted by molar-refractivity contribution is 0.115. The average Bonchev–Trinajstić information content (AvgIpc) is 2.94. The molecule has 2 N–H and O–H groups in total. The van der Waals surface area contributed by atoms with Crippen molar-refractivity contribution in [2.24, 2.45) is 0 Å². The van der Waals surface area contributed by atoms with Crippen LogP contribution in [0.3, 0.4) is 0 Å². The van der Waals surface area contributed by atoms with Gasteiger partial charge in [-0.05, 0) is 62.3 Å². The lowest BCUT2D eigenvalue weighted by Gasteiger charge is -2.12. The number of ether oxygens (including phenoxy) is 1. The van der Waals surface area contributed by atoms with Crippen LogP contribution in [0.4, 0.5) is 11.5 Å². The summed E-state index contributed by atoms with van der Waals surface area (Å²) in [6.07, 6.45) is 9.44. The van der Waals surface area contributed by atoms with E-state index in [9.17, 15) is 4.79 Å². The Kier molecular flexibility index (Phi) is 11.8. The molecule has 0 spiro atoms. The van der Waals surface area contributed by atoms with Gasteiger partial charge >= 0.3 is 0 Å². The Labute approximate surface area is 220 Å². The SMILES string of the molecule is CC.CCC(C)OC.CCC(C)c1ccc(Nc2nc(-c3cnc(C)nc3)cc3cc[nH]c(=O)c23)cn1. The largest absolute Gasteiger partial charge is 0.382 e. The molecule has 0 aliphatic rings. The maximum atomic E-state index is 12.5. The summed E-state index contributed by atoms with van der Waals surface area (Å²) in [4.78, 5) is 32.9. The Morgan fingerprint density at radius 3 is 2.24 bits per heavy atom. The quantitative estimate of drug-likeness (QED) is 0.285. The van der Waals surface area contributed by atoms with Crippen molar-refractivity contribution in [2.45, 2.75) is 73.3 Å². The Morgan fingerprint density at radius 2 is 1.70 bits per heavy atom. The van der Waals surface area contributed by atoms with E-state index in [-0.39, 0.29) is 5.56 Å². The van der Waals surface area contributed by atoms with Gasteiger partial charge in [-0.1, -0.05) is 34.6 Å². The number of pyridine rings is 3. The maximum Gasteiger partial charge on any atom is 0.259 e. The molecule has 4 heterocycles. The number of nitrogens with one attached hydrogen (secondary N) is 2. The van der Waals surface area contributed by atoms with E-state index in [2.05, 4.69) is 52.9 Å². The predicted octanol–water partition coefficient (Wildman–Crippen LogP) is 6.80. The zero-order valence-electron chi connectivity index (χ0n) is 23.3. The van der Waals surface area contributed by atoms with Gasteiger partial charge in [0.05, 0.1) is 29.1 Å². The summed E-state index contributed by atoms with van der Waals surface area (Å²) < 4.78 is 4.90. The number of aromatic nitrogens is 5. The van der Waals surface area contributed by atoms with Gasteiger partial charge in [0.15, 0.2) is 0 Å². The first-order valence-corrected chi connectivity index (χ1v) is 12.9. The molecule has 4 aromatic heterocycles. The number of hydrogen-bond donors (Lipinski definition) is 2. The van der Waals surface area contributed by atoms with Crippen LogP contribution in [0.25, 0.3) is 22.0 Å². The maximum absolute atomic E-state index is 12.5. The molecule has 4 rings (SSSR count). The van der Waals surface area contributed by atoms with Gasteiger partial charge < -0.3 is 15.0 Å². The fraction of sp³-hybridized carbons (Fsp3) is 0.414. The van der Waals surface area contributed by atoms with Crippen molar-refractivity contribution in [1.29, 1.82) is 0 Å². The van der Waals surface area contributed by atoms with Gasteiger partial charge in [-0.15, -0.1) is 0 Å². The monoisotopic (exact) mass is 504 g/mol. The van der Waals surface area contributed by atoms with Crippen LogP contribution in [-0.2, 0) is 4.74 Å². The van der Waals surface area contributed by atoms with E-state index in [0.29, 0.717) is 34.7 Å². The Hall–Kier alpha value is -3.65. The standard InChI is InChI=1S/C22H22N6O.C5H12O.C2H6/c1-4-13(2)18-6-5-17(12-26-18)27-21-20-15(7-8-23-22(20)29)9-19(28-21)16-10-24-14(3)25-11-16;1-4-5(2)6-3;1-2/h5-13H,4H2,1-3H3,(H,23,29)(H,27,28);5H,4H2,1-3H3;1-2H3. The molecule has 0 aliphatic carbocycles. The van der Waals surface area contributed by atoms with Crippen LogP contribution >= 0.6 is 0 Å². The van der Waals surface area contributed by atoms with Crippen LogP contribution in [0.2, 0.25) is 0 Å². The van der Waals surface area contributed by atoms with Crippen molar-refractivity contribution < 1.29 is 4.74 Å². The van der Waals surface area contributed by atoms with E-state index in [4.69, 9.17) is 9.72 Å². The minimum atomic E-state index is -0.201. The number of aromatic amines is 1. The van der Waals surface area contributed by atoms with Crippen molar-refractivity contribution in [3.8, 4) is 11.3 Å². The molecule has 0 saturated carbocycles. The third kappa shape index (κ3) is 8.18. The highest BCUT2D eigenvalue weighted by Crippen LogP contribution is 2.27. The minimum absolute atomic E-state index is 0.201. The minimum Gasteiger partial charge on any atom is -0.382 e. The molecule has 198 valence electrons. The van der Waals surface area contributed by atoms with E-state index in [1.165, 1.54) is 0 Å². The van der Waals surface area contributed by atoms with Gasteiger partial charge in [0.2, 0.25) is 0 Å². The Balaban J connectivity index is 0.000000531. The molecule has 0 aromatic carbocycles. The molecule has 0 amide bonds. The third-order valence-corrected chi connectivity index (χ3v) is 5.97. The number of aryl methyl sites for hydroxylation is 1. The number of methoxy groups -OCH3 is 1. The molecular weight excluding hydrogens is 464 g/mol. The van der Waals surface area contributed by atoms with E-state index in [0.717, 1.165) is 35.2 Å². The first kappa shape index (κ1) is 29.6. The van der Waals surface area contributed by atoms with Gasteiger partial charge in [0, 0.05) is 37.0 Å². The molecule has 0 radical (unpaired) electrons. The van der Waals surface area contributed by atoms with Crippen LogP contribution in [0.15, 0.2) is 53.8 Å². The lowest BCUT2D eigenvalue weighted by atomic mass is 10.0. The molecule has 0 saturated heterocycles. The summed E-state index contributed by atoms with van der Waals surface area (Å²) in [6.45, 7) is 14.3. The zero-order chi connectivity index (χ0) is 27.4. The van der Waals surface area contributed by atoms with Gasteiger partial charge in [-0.25, -0.2) is 15.0 Å². The van der Waals surface area contributed by atoms with Crippen LogP contribution in [0.1, 0.15) is 71.8 Å². The second-order valence-electron chi connectivity index (χ2n) is 8.51. The highest BCUT2D eigenvalue weighted by molar-refractivity contribution is 5.95. The number of rotatable bonds is 7. The topological polar surface area (TPSA) is 106 Å². The molecule has 0 bridgehead atoms. The van der Waals surface area contributed by atoms with Crippen molar-refractivity contribution >= 4 is 22.3 Å². The number of hydrogen-bond acceptors (Lipinski definition) is 7. The number of nitrogens with zero attached hydrogens (tertiary/aromatic N) is 4. The highest BCUT2D eigenvalue weighted by Gasteiger charge is 2.12. The summed E-state index contributed by atoms with van der Waals surface area (Å²) in [6, 6.07) is 7.68. The molecular formula is C29H40N6O2. The molecule has 0 fully saturated rings. The number of H-pyrrole nitrogens is 1. The average molecular weight is 505 g/mol. The van der Waals surface area contributed by atoms with Crippen molar-refractivity contribution in [1.82, 2.24) is 24.9 Å². The molecule has 2 atom stereocenters. The summed E-state index contributed by atoms with van der Waals surface area (Å²) in [7, 11) is 1.73. The van der Waals surface area contributed by atoms with Gasteiger partial charge in [0.25, 0.3) is 5.56 Å². The number of fused-ring (bicyclic) bond motifs is 1. The van der Waals surface area contributed by atoms with Gasteiger partial charge in [-0.2, -0.15) is 0 Å². The van der Waals surface area contributed by atoms with Gasteiger partial charge in [0.1, 0.15) is 11.6 Å². The van der Waals surface area contributed by atoms with E-state index in [1.807, 2.05) is 45.0 Å². The van der Waals surface area contributed by atoms with E-state index < -0.39 is 0 Å². The van der Waals surface area contributed by atoms with Crippen molar-refractivity contribution in [3.63, 3.8) is 0 Å². The molecule has 2 unspecified atom stereocenters. The van der Waals surface area contributed by atoms with Crippen molar-refractivity contribution in [2.75, 3.05) is 12.4 Å². The molecule has 4 aromatic rings. The lowest BCUT2D eigenvalue weighted by Crippen LogP contribution is -2.09. The van der Waals surface area contributed by atoms with Crippen LogP contribution < -0.4 is 10.9 Å². The second kappa shape index (κ2) is 14.8. The zero-order valence-corrected chi connectivity index (χ0v) is 23.3. The molecule has 8 heteroatoms. The van der Waals surface area contributed by atoms with Crippen LogP contribution in [0.5, 0.6) is 0 Å². The fourth-order valence-corrected chi connectivity index (χ4v) is 3.26. The first-order chi connectivity index (χ1) is 17.9. The highest BCUT2D eigenvalue weighted by atomic mass is 16.5. The molecule has 37 heavy (non-hydrogen) atoms. The summed E-state index contributed by atoms with van der Waals surface area (Å²) in [5.74, 6) is 1.56. The first-order valence-electron chi connectivity index (χ1n) is 12.9. The summed E-state index contributed by atoms with van der Waals surface area (Å²) >= 11 is 0. The normalized spacial score (nSPS) is 12.0. The van der Waals surface area contributed by atoms with Crippen LogP contribution in [0, 0.1) is 6.92 Å². The molecule has 8 nitrogen and oxygen atoms in total. The Morgan fingerprint density at radius 1 is 1.00 bits per heavy atom. The van der Waals surface area contributed by atoms with Gasteiger partial charge in [-0.3, -0.25) is 9.78 Å². The Bertz CT molecular complexity index is 1280. The smallest absolute Gasteiger partial charge is 0.259 e. The second-order valence-corrected chi connectivity index (χ2v) is 8.51. The summed E-state index contributed by atoms with van der Waals surface area (Å²) in [5, 5.41) is 4.54. The van der Waals surface area contributed by atoms with E-state index in [1.54, 1.807) is 31.9 Å². The predicted molar refractivity (Wildman–Crippen MR) is 152 cm³/mol. The fourth-order valence-electron chi connectivity index (χ4n) is 3.26.